The molecule has 1 saturated heterocycles. The van der Waals surface area contributed by atoms with Gasteiger partial charge in [-0.05, 0) is 31.0 Å². The fourth-order valence-electron chi connectivity index (χ4n) is 4.97. The summed E-state index contributed by atoms with van der Waals surface area (Å²) >= 11 is 0. The molecule has 0 unspecified atom stereocenters. The van der Waals surface area contributed by atoms with Gasteiger partial charge in [0.15, 0.2) is 0 Å². The Morgan fingerprint density at radius 1 is 0.842 bits per heavy atom. The predicted molar refractivity (Wildman–Crippen MR) is 148 cm³/mol. The molecular weight excluding hydrogens is 474 g/mol. The SMILES string of the molecule is Cc1ccc(C(=O)N2CCCN(c3nc(Cc4ccccc4)nc4onc(-c5ccccc5)c34)CC2)cc1. The van der Waals surface area contributed by atoms with E-state index in [-0.39, 0.29) is 5.91 Å². The van der Waals surface area contributed by atoms with Gasteiger partial charge < -0.3 is 14.3 Å². The van der Waals surface area contributed by atoms with Crippen molar-refractivity contribution in [3.8, 4) is 11.3 Å². The summed E-state index contributed by atoms with van der Waals surface area (Å²) in [4.78, 5) is 27.3. The predicted octanol–water partition coefficient (Wildman–Crippen LogP) is 5.54. The third-order valence-electron chi connectivity index (χ3n) is 7.00. The molecule has 0 saturated carbocycles. The molecule has 190 valence electrons. The molecule has 38 heavy (non-hydrogen) atoms. The Morgan fingerprint density at radius 3 is 2.34 bits per heavy atom. The Labute approximate surface area is 221 Å². The van der Waals surface area contributed by atoms with E-state index in [9.17, 15) is 4.79 Å². The first-order chi connectivity index (χ1) is 18.7. The number of aryl methyl sites for hydroxylation is 1. The molecule has 1 aliphatic rings. The van der Waals surface area contributed by atoms with Gasteiger partial charge in [-0.2, -0.15) is 4.98 Å². The first-order valence-electron chi connectivity index (χ1n) is 13.0. The van der Waals surface area contributed by atoms with Crippen molar-refractivity contribution >= 4 is 22.8 Å². The summed E-state index contributed by atoms with van der Waals surface area (Å²) in [6.07, 6.45) is 1.43. The second-order valence-electron chi connectivity index (χ2n) is 9.70. The number of nitrogens with zero attached hydrogens (tertiary/aromatic N) is 5. The van der Waals surface area contributed by atoms with Crippen LogP contribution in [0.2, 0.25) is 0 Å². The van der Waals surface area contributed by atoms with Crippen molar-refractivity contribution in [2.24, 2.45) is 0 Å². The lowest BCUT2D eigenvalue weighted by Crippen LogP contribution is -2.35. The molecule has 3 aromatic carbocycles. The van der Waals surface area contributed by atoms with Gasteiger partial charge in [0, 0.05) is 43.7 Å². The Kier molecular flexibility index (Phi) is 6.56. The Balaban J connectivity index is 1.35. The monoisotopic (exact) mass is 503 g/mol. The molecule has 1 amide bonds. The minimum absolute atomic E-state index is 0.0689. The molecule has 6 rings (SSSR count). The van der Waals surface area contributed by atoms with Crippen LogP contribution in [0.15, 0.2) is 89.5 Å². The normalized spacial score (nSPS) is 14.0. The molecule has 0 N–H and O–H groups in total. The van der Waals surface area contributed by atoms with Crippen LogP contribution in [0.25, 0.3) is 22.4 Å². The molecular formula is C31H29N5O2. The maximum atomic E-state index is 13.2. The van der Waals surface area contributed by atoms with E-state index in [1.165, 1.54) is 0 Å². The third kappa shape index (κ3) is 4.87. The highest BCUT2D eigenvalue weighted by Crippen LogP contribution is 2.34. The van der Waals surface area contributed by atoms with Crippen molar-refractivity contribution in [2.75, 3.05) is 31.1 Å². The second kappa shape index (κ2) is 10.5. The molecule has 0 radical (unpaired) electrons. The van der Waals surface area contributed by atoms with Gasteiger partial charge in [0.25, 0.3) is 11.6 Å². The molecule has 5 aromatic rings. The van der Waals surface area contributed by atoms with Gasteiger partial charge in [-0.15, -0.1) is 0 Å². The topological polar surface area (TPSA) is 75.4 Å². The lowest BCUT2D eigenvalue weighted by molar-refractivity contribution is 0.0767. The standard InChI is InChI=1S/C31H29N5O2/c1-22-13-15-25(16-14-22)31(37)36-18-8-17-35(19-20-36)29-27-28(24-11-6-3-7-12-24)34-38-30(27)33-26(32-29)21-23-9-4-2-5-10-23/h2-7,9-16H,8,17-21H2,1H3. The molecule has 0 bridgehead atoms. The van der Waals surface area contributed by atoms with E-state index in [2.05, 4.69) is 22.2 Å². The van der Waals surface area contributed by atoms with Crippen LogP contribution in [0.3, 0.4) is 0 Å². The first-order valence-corrected chi connectivity index (χ1v) is 13.0. The molecule has 0 aliphatic carbocycles. The van der Waals surface area contributed by atoms with Gasteiger partial charge in [0.2, 0.25) is 0 Å². The number of carbonyl (C=O) groups excluding carboxylic acids is 1. The van der Waals surface area contributed by atoms with Gasteiger partial charge >= 0.3 is 0 Å². The van der Waals surface area contributed by atoms with E-state index >= 15 is 0 Å². The summed E-state index contributed by atoms with van der Waals surface area (Å²) in [6, 6.07) is 28.0. The van der Waals surface area contributed by atoms with Gasteiger partial charge in [0.1, 0.15) is 22.7 Å². The summed E-state index contributed by atoms with van der Waals surface area (Å²) < 4.78 is 5.78. The zero-order valence-corrected chi connectivity index (χ0v) is 21.4. The highest BCUT2D eigenvalue weighted by Gasteiger charge is 2.26. The van der Waals surface area contributed by atoms with Crippen LogP contribution in [-0.2, 0) is 6.42 Å². The van der Waals surface area contributed by atoms with Crippen LogP contribution >= 0.6 is 0 Å². The summed E-state index contributed by atoms with van der Waals surface area (Å²) in [5.74, 6) is 1.57. The van der Waals surface area contributed by atoms with E-state index in [0.717, 1.165) is 52.1 Å². The number of amides is 1. The number of benzene rings is 3. The Hall–Kier alpha value is -4.52. The molecule has 3 heterocycles. The minimum Gasteiger partial charge on any atom is -0.354 e. The lowest BCUT2D eigenvalue weighted by atomic mass is 10.1. The van der Waals surface area contributed by atoms with Gasteiger partial charge in [-0.3, -0.25) is 4.79 Å². The third-order valence-corrected chi connectivity index (χ3v) is 7.00. The van der Waals surface area contributed by atoms with Gasteiger partial charge in [-0.1, -0.05) is 83.5 Å². The Bertz CT molecular complexity index is 1550. The highest BCUT2D eigenvalue weighted by molar-refractivity contribution is 5.98. The van der Waals surface area contributed by atoms with Crippen molar-refractivity contribution in [1.29, 1.82) is 0 Å². The smallest absolute Gasteiger partial charge is 0.263 e. The van der Waals surface area contributed by atoms with E-state index in [0.29, 0.717) is 37.6 Å². The molecule has 0 spiro atoms. The minimum atomic E-state index is 0.0689. The number of carbonyl (C=O) groups is 1. The van der Waals surface area contributed by atoms with Crippen LogP contribution in [0.1, 0.15) is 33.7 Å². The zero-order valence-electron chi connectivity index (χ0n) is 21.4. The average Bonchev–Trinajstić information content (AvgIpc) is 3.22. The van der Waals surface area contributed by atoms with Gasteiger partial charge in [-0.25, -0.2) is 4.98 Å². The summed E-state index contributed by atoms with van der Waals surface area (Å²) in [7, 11) is 0. The van der Waals surface area contributed by atoms with E-state index in [1.54, 1.807) is 0 Å². The molecule has 7 nitrogen and oxygen atoms in total. The van der Waals surface area contributed by atoms with Crippen molar-refractivity contribution in [3.63, 3.8) is 0 Å². The largest absolute Gasteiger partial charge is 0.354 e. The fourth-order valence-corrected chi connectivity index (χ4v) is 4.97. The van der Waals surface area contributed by atoms with Crippen LogP contribution in [0.4, 0.5) is 5.82 Å². The fraction of sp³-hybridized carbons (Fsp3) is 0.226. The Morgan fingerprint density at radius 2 is 1.58 bits per heavy atom. The number of anilines is 1. The average molecular weight is 504 g/mol. The van der Waals surface area contributed by atoms with E-state index in [4.69, 9.17) is 14.5 Å². The van der Waals surface area contributed by atoms with Crippen molar-refractivity contribution < 1.29 is 9.32 Å². The highest BCUT2D eigenvalue weighted by atomic mass is 16.5. The van der Waals surface area contributed by atoms with Crippen molar-refractivity contribution in [3.05, 3.63) is 107 Å². The first kappa shape index (κ1) is 23.9. The van der Waals surface area contributed by atoms with Crippen LogP contribution in [0.5, 0.6) is 0 Å². The number of hydrogen-bond acceptors (Lipinski definition) is 6. The zero-order chi connectivity index (χ0) is 25.9. The van der Waals surface area contributed by atoms with Crippen LogP contribution in [0, 0.1) is 6.92 Å². The van der Waals surface area contributed by atoms with Gasteiger partial charge in [0.05, 0.1) is 0 Å². The van der Waals surface area contributed by atoms with Crippen LogP contribution in [-0.4, -0.2) is 52.1 Å². The van der Waals surface area contributed by atoms with Crippen molar-refractivity contribution in [2.45, 2.75) is 19.8 Å². The summed E-state index contributed by atoms with van der Waals surface area (Å²) in [5, 5.41) is 5.23. The molecule has 1 fully saturated rings. The molecule has 7 heteroatoms. The van der Waals surface area contributed by atoms with E-state index in [1.807, 2.05) is 84.6 Å². The maximum Gasteiger partial charge on any atom is 0.263 e. The lowest BCUT2D eigenvalue weighted by Gasteiger charge is -2.24. The molecule has 1 aliphatic heterocycles. The quantitative estimate of drug-likeness (QED) is 0.314. The number of aromatic nitrogens is 3. The molecule has 2 aromatic heterocycles. The van der Waals surface area contributed by atoms with Crippen molar-refractivity contribution in [1.82, 2.24) is 20.0 Å². The summed E-state index contributed by atoms with van der Waals surface area (Å²) in [6.45, 7) is 4.77. The second-order valence-corrected chi connectivity index (χ2v) is 9.70. The maximum absolute atomic E-state index is 13.2. The van der Waals surface area contributed by atoms with E-state index < -0.39 is 0 Å². The number of rotatable bonds is 5. The number of fused-ring (bicyclic) bond motifs is 1. The number of hydrogen-bond donors (Lipinski definition) is 0. The summed E-state index contributed by atoms with van der Waals surface area (Å²) in [5.41, 5.74) is 5.18. The van der Waals surface area contributed by atoms with Crippen LogP contribution < -0.4 is 4.90 Å². The molecule has 0 atom stereocenters.